The van der Waals surface area contributed by atoms with Gasteiger partial charge in [-0.2, -0.15) is 0 Å². The SMILES string of the molecule is Cc1cc(C(=O)CSc2nc3ccccc3c(=O)n2CCCN2CCOCC2)c(C)n1-c1ccccc1F. The smallest absolute Gasteiger partial charge is 0.262 e. The van der Waals surface area contributed by atoms with Crippen LogP contribution >= 0.6 is 11.8 Å². The van der Waals surface area contributed by atoms with E-state index in [1.54, 1.807) is 39.5 Å². The maximum absolute atomic E-state index is 14.5. The third-order valence-corrected chi connectivity index (χ3v) is 7.92. The molecule has 0 bridgehead atoms. The Hall–Kier alpha value is -3.27. The Labute approximate surface area is 225 Å². The first-order valence-corrected chi connectivity index (χ1v) is 13.8. The second-order valence-electron chi connectivity index (χ2n) is 9.46. The highest BCUT2D eigenvalue weighted by Crippen LogP contribution is 2.25. The van der Waals surface area contributed by atoms with Gasteiger partial charge in [-0.3, -0.25) is 19.1 Å². The molecule has 1 aliphatic rings. The summed E-state index contributed by atoms with van der Waals surface area (Å²) >= 11 is 1.27. The number of para-hydroxylation sites is 2. The lowest BCUT2D eigenvalue weighted by atomic mass is 10.2. The zero-order valence-electron chi connectivity index (χ0n) is 21.7. The van der Waals surface area contributed by atoms with Gasteiger partial charge in [0.1, 0.15) is 5.82 Å². The Morgan fingerprint density at radius 1 is 1.05 bits per heavy atom. The number of nitrogens with zero attached hydrogens (tertiary/aromatic N) is 4. The van der Waals surface area contributed by atoms with Crippen LogP contribution in [-0.2, 0) is 11.3 Å². The number of thioether (sulfide) groups is 1. The molecule has 0 N–H and O–H groups in total. The lowest BCUT2D eigenvalue weighted by Gasteiger charge is -2.26. The molecule has 4 aromatic rings. The number of ether oxygens (including phenoxy) is 1. The molecule has 1 fully saturated rings. The predicted molar refractivity (Wildman–Crippen MR) is 148 cm³/mol. The van der Waals surface area contributed by atoms with Crippen molar-refractivity contribution < 1.29 is 13.9 Å². The van der Waals surface area contributed by atoms with E-state index in [0.717, 1.165) is 45.0 Å². The van der Waals surface area contributed by atoms with Gasteiger partial charge in [-0.1, -0.05) is 36.0 Å². The second kappa shape index (κ2) is 11.6. The number of morpholine rings is 1. The van der Waals surface area contributed by atoms with Crippen molar-refractivity contribution in [2.45, 2.75) is 32.0 Å². The van der Waals surface area contributed by atoms with E-state index < -0.39 is 0 Å². The molecule has 5 rings (SSSR count). The zero-order chi connectivity index (χ0) is 26.6. The van der Waals surface area contributed by atoms with Crippen molar-refractivity contribution in [1.82, 2.24) is 19.0 Å². The van der Waals surface area contributed by atoms with Crippen LogP contribution in [0.5, 0.6) is 0 Å². The van der Waals surface area contributed by atoms with Gasteiger partial charge in [0.2, 0.25) is 0 Å². The number of Topliss-reactive ketones (excluding diaryl/α,β-unsaturated/α-hetero) is 1. The Morgan fingerprint density at radius 3 is 2.58 bits per heavy atom. The number of benzene rings is 2. The van der Waals surface area contributed by atoms with Crippen LogP contribution in [0.2, 0.25) is 0 Å². The molecule has 198 valence electrons. The Balaban J connectivity index is 1.37. The molecule has 1 saturated heterocycles. The standard InChI is InChI=1S/C29H31FN4O3S/c1-20-18-23(21(2)34(20)26-11-6-4-9-24(26)30)27(35)19-38-29-31-25-10-5-3-8-22(25)28(36)33(29)13-7-12-32-14-16-37-17-15-32/h3-6,8-11,18H,7,12-17,19H2,1-2H3. The van der Waals surface area contributed by atoms with Crippen molar-refractivity contribution in [2.24, 2.45) is 0 Å². The average Bonchev–Trinajstić information content (AvgIpc) is 3.23. The first kappa shape index (κ1) is 26.3. The minimum Gasteiger partial charge on any atom is -0.379 e. The molecule has 0 amide bonds. The summed E-state index contributed by atoms with van der Waals surface area (Å²) in [4.78, 5) is 33.8. The monoisotopic (exact) mass is 534 g/mol. The van der Waals surface area contributed by atoms with Crippen molar-refractivity contribution in [2.75, 3.05) is 38.6 Å². The molecule has 0 unspecified atom stereocenters. The number of fused-ring (bicyclic) bond motifs is 1. The summed E-state index contributed by atoms with van der Waals surface area (Å²) in [5.74, 6) is -0.312. The Morgan fingerprint density at radius 2 is 1.79 bits per heavy atom. The van der Waals surface area contributed by atoms with Gasteiger partial charge in [0.25, 0.3) is 5.56 Å². The number of hydrogen-bond donors (Lipinski definition) is 0. The topological polar surface area (TPSA) is 69.4 Å². The van der Waals surface area contributed by atoms with E-state index in [1.165, 1.54) is 17.8 Å². The molecule has 0 aliphatic carbocycles. The summed E-state index contributed by atoms with van der Waals surface area (Å²) in [6, 6.07) is 15.6. The van der Waals surface area contributed by atoms with Crippen molar-refractivity contribution >= 4 is 28.4 Å². The van der Waals surface area contributed by atoms with Gasteiger partial charge >= 0.3 is 0 Å². The lowest BCUT2D eigenvalue weighted by Crippen LogP contribution is -2.37. The zero-order valence-corrected chi connectivity index (χ0v) is 22.5. The van der Waals surface area contributed by atoms with Crippen LogP contribution in [0.15, 0.2) is 64.5 Å². The molecule has 7 nitrogen and oxygen atoms in total. The number of carbonyl (C=O) groups is 1. The number of hydrogen-bond acceptors (Lipinski definition) is 6. The van der Waals surface area contributed by atoms with Gasteiger partial charge in [-0.15, -0.1) is 0 Å². The molecule has 0 spiro atoms. The fraction of sp³-hybridized carbons (Fsp3) is 0.345. The van der Waals surface area contributed by atoms with Crippen LogP contribution in [0.4, 0.5) is 4.39 Å². The summed E-state index contributed by atoms with van der Waals surface area (Å²) < 4.78 is 23.4. The Bertz CT molecular complexity index is 1520. The molecule has 0 atom stereocenters. The summed E-state index contributed by atoms with van der Waals surface area (Å²) in [5, 5.41) is 1.11. The van der Waals surface area contributed by atoms with E-state index in [2.05, 4.69) is 4.90 Å². The molecule has 1 aliphatic heterocycles. The molecule has 9 heteroatoms. The van der Waals surface area contributed by atoms with Crippen molar-refractivity contribution in [1.29, 1.82) is 0 Å². The molecular formula is C29H31FN4O3S. The van der Waals surface area contributed by atoms with E-state index in [4.69, 9.17) is 9.72 Å². The van der Waals surface area contributed by atoms with E-state index >= 15 is 0 Å². The van der Waals surface area contributed by atoms with Gasteiger partial charge in [0.05, 0.1) is 35.6 Å². The maximum atomic E-state index is 14.5. The highest BCUT2D eigenvalue weighted by Gasteiger charge is 2.20. The van der Waals surface area contributed by atoms with E-state index in [1.807, 2.05) is 32.0 Å². The highest BCUT2D eigenvalue weighted by molar-refractivity contribution is 7.99. The predicted octanol–water partition coefficient (Wildman–Crippen LogP) is 4.64. The number of carbonyl (C=O) groups excluding carboxylic acids is 1. The quantitative estimate of drug-likeness (QED) is 0.177. The van der Waals surface area contributed by atoms with Crippen molar-refractivity contribution in [3.8, 4) is 5.69 Å². The molecule has 2 aromatic heterocycles. The largest absolute Gasteiger partial charge is 0.379 e. The number of ketones is 1. The van der Waals surface area contributed by atoms with Crippen LogP contribution in [0, 0.1) is 19.7 Å². The second-order valence-corrected chi connectivity index (χ2v) is 10.4. The fourth-order valence-corrected chi connectivity index (χ4v) is 5.90. The first-order valence-electron chi connectivity index (χ1n) is 12.8. The van der Waals surface area contributed by atoms with Gasteiger partial charge < -0.3 is 9.30 Å². The summed E-state index contributed by atoms with van der Waals surface area (Å²) in [6.45, 7) is 8.34. The van der Waals surface area contributed by atoms with Crippen LogP contribution < -0.4 is 5.56 Å². The van der Waals surface area contributed by atoms with Crippen molar-refractivity contribution in [3.05, 3.63) is 87.7 Å². The lowest BCUT2D eigenvalue weighted by molar-refractivity contribution is 0.0368. The summed E-state index contributed by atoms with van der Waals surface area (Å²) in [7, 11) is 0. The van der Waals surface area contributed by atoms with E-state index in [9.17, 15) is 14.0 Å². The third-order valence-electron chi connectivity index (χ3n) is 6.94. The highest BCUT2D eigenvalue weighted by atomic mass is 32.2. The van der Waals surface area contributed by atoms with Crippen LogP contribution in [0.3, 0.4) is 0 Å². The number of rotatable bonds is 9. The van der Waals surface area contributed by atoms with Gasteiger partial charge in [0, 0.05) is 43.1 Å². The summed E-state index contributed by atoms with van der Waals surface area (Å²) in [5.41, 5.74) is 2.96. The molecule has 2 aromatic carbocycles. The van der Waals surface area contributed by atoms with Crippen LogP contribution in [0.1, 0.15) is 28.2 Å². The fourth-order valence-electron chi connectivity index (χ4n) is 4.99. The molecule has 0 saturated carbocycles. The van der Waals surface area contributed by atoms with E-state index in [-0.39, 0.29) is 22.9 Å². The van der Waals surface area contributed by atoms with Gasteiger partial charge in [-0.05, 0) is 50.6 Å². The number of aromatic nitrogens is 3. The first-order chi connectivity index (χ1) is 18.4. The van der Waals surface area contributed by atoms with Crippen LogP contribution in [0.25, 0.3) is 16.6 Å². The Kier molecular flexibility index (Phi) is 8.06. The van der Waals surface area contributed by atoms with E-state index in [0.29, 0.717) is 39.5 Å². The third kappa shape index (κ3) is 5.45. The van der Waals surface area contributed by atoms with Gasteiger partial charge in [0.15, 0.2) is 10.9 Å². The molecule has 38 heavy (non-hydrogen) atoms. The number of aryl methyl sites for hydroxylation is 1. The average molecular weight is 535 g/mol. The summed E-state index contributed by atoms with van der Waals surface area (Å²) in [6.07, 6.45) is 0.797. The van der Waals surface area contributed by atoms with Gasteiger partial charge in [-0.25, -0.2) is 9.37 Å². The minimum atomic E-state index is -0.343. The maximum Gasteiger partial charge on any atom is 0.262 e. The molecule has 3 heterocycles. The number of halogens is 1. The van der Waals surface area contributed by atoms with Crippen LogP contribution in [-0.4, -0.2) is 63.4 Å². The van der Waals surface area contributed by atoms with Crippen molar-refractivity contribution in [3.63, 3.8) is 0 Å². The normalized spacial score (nSPS) is 14.3. The molecule has 0 radical (unpaired) electrons. The minimum absolute atomic E-state index is 0.0898. The molecular weight excluding hydrogens is 503 g/mol.